The summed E-state index contributed by atoms with van der Waals surface area (Å²) in [4.78, 5) is 15.5. The molecule has 0 amide bonds. The van der Waals surface area contributed by atoms with Gasteiger partial charge in [-0.3, -0.25) is 4.79 Å². The Labute approximate surface area is 228 Å². The average Bonchev–Trinajstić information content (AvgIpc) is 2.94. The van der Waals surface area contributed by atoms with Crippen LogP contribution in [-0.4, -0.2) is 68.1 Å². The van der Waals surface area contributed by atoms with Gasteiger partial charge in [0.15, 0.2) is 0 Å². The molecule has 1 N–H and O–H groups in total. The molecular weight excluding hydrogens is 515 g/mol. The van der Waals surface area contributed by atoms with Crippen LogP contribution in [0.3, 0.4) is 0 Å². The Morgan fingerprint density at radius 3 is 2.49 bits per heavy atom. The van der Waals surface area contributed by atoms with Crippen molar-refractivity contribution in [3.63, 3.8) is 0 Å². The van der Waals surface area contributed by atoms with Crippen LogP contribution in [0.25, 0.3) is 0 Å². The van der Waals surface area contributed by atoms with Crippen molar-refractivity contribution in [1.29, 1.82) is 0 Å². The summed E-state index contributed by atoms with van der Waals surface area (Å²) in [6.45, 7) is 4.93. The third kappa shape index (κ3) is 6.79. The molecule has 202 valence electrons. The molecule has 37 heavy (non-hydrogen) atoms. The van der Waals surface area contributed by atoms with Gasteiger partial charge in [-0.15, -0.1) is 0 Å². The van der Waals surface area contributed by atoms with Gasteiger partial charge in [0, 0.05) is 36.4 Å². The lowest BCUT2D eigenvalue weighted by molar-refractivity contribution is -0.0847. The van der Waals surface area contributed by atoms with E-state index in [4.69, 9.17) is 37.4 Å². The fraction of sp³-hybridized carbons (Fsp3) is 0.630. The van der Waals surface area contributed by atoms with Crippen molar-refractivity contribution in [2.24, 2.45) is 5.92 Å². The normalized spacial score (nSPS) is 26.5. The van der Waals surface area contributed by atoms with Crippen LogP contribution in [0.4, 0.5) is 11.4 Å². The van der Waals surface area contributed by atoms with Crippen LogP contribution >= 0.6 is 23.2 Å². The van der Waals surface area contributed by atoms with Crippen molar-refractivity contribution in [3.05, 3.63) is 50.9 Å². The predicted octanol–water partition coefficient (Wildman–Crippen LogP) is 4.79. The number of nitrogens with one attached hydrogen (secondary N) is 1. The van der Waals surface area contributed by atoms with E-state index < -0.39 is 0 Å². The van der Waals surface area contributed by atoms with Gasteiger partial charge >= 0.3 is 0 Å². The van der Waals surface area contributed by atoms with E-state index in [1.807, 2.05) is 12.1 Å². The maximum atomic E-state index is 13.1. The van der Waals surface area contributed by atoms with Crippen LogP contribution in [-0.2, 0) is 14.2 Å². The molecule has 1 aliphatic carbocycles. The fourth-order valence-electron chi connectivity index (χ4n) is 5.62. The summed E-state index contributed by atoms with van der Waals surface area (Å²) in [6, 6.07) is 8.34. The maximum absolute atomic E-state index is 13.1. The topological polar surface area (TPSA) is 77.9 Å². The van der Waals surface area contributed by atoms with Crippen molar-refractivity contribution in [2.75, 3.05) is 56.3 Å². The number of aromatic nitrogens is 2. The van der Waals surface area contributed by atoms with Crippen molar-refractivity contribution < 1.29 is 14.2 Å². The minimum absolute atomic E-state index is 0.0309. The zero-order valence-electron chi connectivity index (χ0n) is 21.1. The Hall–Kier alpha value is -1.84. The molecule has 0 spiro atoms. The molecule has 8 nitrogen and oxygen atoms in total. The Bertz CT molecular complexity index is 1060. The zero-order chi connectivity index (χ0) is 25.6. The maximum Gasteiger partial charge on any atom is 0.287 e. The van der Waals surface area contributed by atoms with E-state index in [9.17, 15) is 4.79 Å². The molecule has 2 aliphatic heterocycles. The van der Waals surface area contributed by atoms with Crippen LogP contribution in [0.15, 0.2) is 35.3 Å². The number of hydrogen-bond acceptors (Lipinski definition) is 7. The monoisotopic (exact) mass is 550 g/mol. The highest BCUT2D eigenvalue weighted by atomic mass is 35.5. The summed E-state index contributed by atoms with van der Waals surface area (Å²) in [5.41, 5.74) is 1.50. The first kappa shape index (κ1) is 26.8. The molecule has 0 radical (unpaired) electrons. The van der Waals surface area contributed by atoms with Crippen LogP contribution < -0.4 is 15.8 Å². The van der Waals surface area contributed by atoms with Crippen LogP contribution in [0.2, 0.25) is 10.0 Å². The first-order chi connectivity index (χ1) is 18.1. The van der Waals surface area contributed by atoms with Gasteiger partial charge in [-0.25, -0.2) is 4.68 Å². The standard InChI is InChI=1S/C27H36Cl2N4O4/c28-20-3-5-21(6-4-20)32(16-24-18-36-12-13-37-24)22-7-9-23(10-8-22)33-27(34)26(29)25(15-31-33)30-14-19-2-1-11-35-17-19/h3-6,15,19,22-24,30H,1-2,7-14,16-18H2/t19?,22?,23?,24-/m0/s1. The van der Waals surface area contributed by atoms with Crippen molar-refractivity contribution in [1.82, 2.24) is 9.78 Å². The molecule has 1 unspecified atom stereocenters. The molecular formula is C27H36Cl2N4O4. The Balaban J connectivity index is 1.23. The summed E-state index contributed by atoms with van der Waals surface area (Å²) < 4.78 is 18.7. The molecule has 1 saturated carbocycles. The van der Waals surface area contributed by atoms with Crippen LogP contribution in [0.1, 0.15) is 44.6 Å². The van der Waals surface area contributed by atoms with Crippen LogP contribution in [0.5, 0.6) is 0 Å². The summed E-state index contributed by atoms with van der Waals surface area (Å²) in [5, 5.41) is 8.76. The Morgan fingerprint density at radius 2 is 1.78 bits per heavy atom. The zero-order valence-corrected chi connectivity index (χ0v) is 22.6. The molecule has 5 rings (SSSR count). The lowest BCUT2D eigenvalue weighted by Gasteiger charge is -2.40. The molecule has 0 bridgehead atoms. The van der Waals surface area contributed by atoms with Gasteiger partial charge in [-0.05, 0) is 68.7 Å². The van der Waals surface area contributed by atoms with E-state index in [1.165, 1.54) is 0 Å². The van der Waals surface area contributed by atoms with Gasteiger partial charge in [0.1, 0.15) is 5.02 Å². The summed E-state index contributed by atoms with van der Waals surface area (Å²) in [7, 11) is 0. The van der Waals surface area contributed by atoms with E-state index in [1.54, 1.807) is 10.9 Å². The summed E-state index contributed by atoms with van der Waals surface area (Å²) in [5.74, 6) is 0.427. The highest BCUT2D eigenvalue weighted by Crippen LogP contribution is 2.34. The number of ether oxygens (including phenoxy) is 3. The number of nitrogens with zero attached hydrogens (tertiary/aromatic N) is 3. The Kier molecular flexibility index (Phi) is 9.26. The molecule has 2 aromatic rings. The molecule has 3 aliphatic rings. The van der Waals surface area contributed by atoms with Gasteiger partial charge in [0.25, 0.3) is 5.56 Å². The van der Waals surface area contributed by atoms with E-state index in [0.29, 0.717) is 37.5 Å². The summed E-state index contributed by atoms with van der Waals surface area (Å²) in [6.07, 6.45) is 7.50. The lowest BCUT2D eigenvalue weighted by Crippen LogP contribution is -2.46. The third-order valence-corrected chi connectivity index (χ3v) is 8.29. The van der Waals surface area contributed by atoms with E-state index in [-0.39, 0.29) is 22.7 Å². The molecule has 10 heteroatoms. The molecule has 1 aromatic heterocycles. The first-order valence-electron chi connectivity index (χ1n) is 13.4. The lowest BCUT2D eigenvalue weighted by atomic mass is 9.89. The second-order valence-electron chi connectivity index (χ2n) is 10.2. The van der Waals surface area contributed by atoms with Crippen molar-refractivity contribution in [3.8, 4) is 0 Å². The fourth-order valence-corrected chi connectivity index (χ4v) is 5.95. The number of anilines is 2. The van der Waals surface area contributed by atoms with Crippen molar-refractivity contribution >= 4 is 34.6 Å². The predicted molar refractivity (Wildman–Crippen MR) is 146 cm³/mol. The average molecular weight is 552 g/mol. The third-order valence-electron chi connectivity index (χ3n) is 7.68. The van der Waals surface area contributed by atoms with E-state index in [2.05, 4.69) is 27.4 Å². The molecule has 2 saturated heterocycles. The smallest absolute Gasteiger partial charge is 0.287 e. The number of hydrogen-bond donors (Lipinski definition) is 1. The largest absolute Gasteiger partial charge is 0.382 e. The first-order valence-corrected chi connectivity index (χ1v) is 14.1. The molecule has 3 fully saturated rings. The second kappa shape index (κ2) is 12.8. The van der Waals surface area contributed by atoms with Gasteiger partial charge in [-0.1, -0.05) is 23.2 Å². The molecule has 1 aromatic carbocycles. The van der Waals surface area contributed by atoms with Gasteiger partial charge in [0.05, 0.1) is 50.5 Å². The van der Waals surface area contributed by atoms with E-state index >= 15 is 0 Å². The Morgan fingerprint density at radius 1 is 1.00 bits per heavy atom. The van der Waals surface area contributed by atoms with E-state index in [0.717, 1.165) is 75.5 Å². The minimum Gasteiger partial charge on any atom is -0.382 e. The second-order valence-corrected chi connectivity index (χ2v) is 11.1. The SMILES string of the molecule is O=c1c(Cl)c(NCC2CCCOC2)cnn1C1CCC(N(C[C@H]2COCCO2)c2ccc(Cl)cc2)CC1. The van der Waals surface area contributed by atoms with Crippen LogP contribution in [0, 0.1) is 5.92 Å². The molecule has 3 heterocycles. The minimum atomic E-state index is -0.225. The number of benzene rings is 1. The highest BCUT2D eigenvalue weighted by molar-refractivity contribution is 6.33. The molecule has 2 atom stereocenters. The van der Waals surface area contributed by atoms with Gasteiger partial charge < -0.3 is 24.4 Å². The van der Waals surface area contributed by atoms with Gasteiger partial charge in [-0.2, -0.15) is 5.10 Å². The number of rotatable bonds is 8. The van der Waals surface area contributed by atoms with Gasteiger partial charge in [0.2, 0.25) is 0 Å². The highest BCUT2D eigenvalue weighted by Gasteiger charge is 2.31. The quantitative estimate of drug-likeness (QED) is 0.506. The van der Waals surface area contributed by atoms with Crippen molar-refractivity contribution in [2.45, 2.75) is 56.7 Å². The number of halogens is 2. The summed E-state index contributed by atoms with van der Waals surface area (Å²) >= 11 is 12.7.